The molecule has 0 radical (unpaired) electrons. The standard InChI is InChI=1S/C11H9N3O4/c1-7-5-10(15)13(12-7)11(16)8-3-2-4-9(6-8)14(17)18/h2-6,12H,1H3. The number of carbonyl (C=O) groups excluding carboxylic acids is 1. The Kier molecular flexibility index (Phi) is 2.80. The average molecular weight is 247 g/mol. The number of aromatic amines is 1. The summed E-state index contributed by atoms with van der Waals surface area (Å²) in [5.74, 6) is -0.628. The number of aromatic nitrogens is 2. The van der Waals surface area contributed by atoms with Gasteiger partial charge in [-0.3, -0.25) is 24.8 Å². The van der Waals surface area contributed by atoms with Crippen LogP contribution in [0.15, 0.2) is 35.1 Å². The minimum absolute atomic E-state index is 0.0770. The molecule has 0 saturated carbocycles. The molecular formula is C11H9N3O4. The summed E-state index contributed by atoms with van der Waals surface area (Å²) in [6.45, 7) is 1.64. The van der Waals surface area contributed by atoms with Crippen molar-refractivity contribution in [1.29, 1.82) is 0 Å². The third kappa shape index (κ3) is 2.05. The molecule has 0 spiro atoms. The highest BCUT2D eigenvalue weighted by Crippen LogP contribution is 2.13. The molecule has 0 fully saturated rings. The van der Waals surface area contributed by atoms with Gasteiger partial charge >= 0.3 is 0 Å². The van der Waals surface area contributed by atoms with E-state index in [-0.39, 0.29) is 11.3 Å². The SMILES string of the molecule is Cc1cc(=O)n(C(=O)c2cccc([N+](=O)[O-])c2)[nH]1. The lowest BCUT2D eigenvalue weighted by molar-refractivity contribution is -0.384. The van der Waals surface area contributed by atoms with Gasteiger partial charge in [0.25, 0.3) is 17.2 Å². The number of nitro groups is 1. The third-order valence-corrected chi connectivity index (χ3v) is 2.36. The second-order valence-electron chi connectivity index (χ2n) is 3.73. The number of rotatable bonds is 2. The molecule has 18 heavy (non-hydrogen) atoms. The predicted octanol–water partition coefficient (Wildman–Crippen LogP) is 1.08. The van der Waals surface area contributed by atoms with Gasteiger partial charge in [-0.05, 0) is 13.0 Å². The van der Waals surface area contributed by atoms with Crippen molar-refractivity contribution >= 4 is 11.6 Å². The Morgan fingerprint density at radius 2 is 2.11 bits per heavy atom. The van der Waals surface area contributed by atoms with Crippen LogP contribution >= 0.6 is 0 Å². The summed E-state index contributed by atoms with van der Waals surface area (Å²) in [5, 5.41) is 13.2. The van der Waals surface area contributed by atoms with Crippen LogP contribution in [0.1, 0.15) is 16.1 Å². The lowest BCUT2D eigenvalue weighted by Crippen LogP contribution is -2.24. The van der Waals surface area contributed by atoms with E-state index in [2.05, 4.69) is 5.10 Å². The van der Waals surface area contributed by atoms with Gasteiger partial charge in [0.2, 0.25) is 0 Å². The summed E-state index contributed by atoms with van der Waals surface area (Å²) >= 11 is 0. The predicted molar refractivity (Wildman–Crippen MR) is 62.6 cm³/mol. The quantitative estimate of drug-likeness (QED) is 0.634. The fourth-order valence-corrected chi connectivity index (χ4v) is 1.55. The molecule has 0 aliphatic carbocycles. The molecule has 0 aliphatic rings. The molecule has 0 atom stereocenters. The van der Waals surface area contributed by atoms with Crippen LogP contribution in [0, 0.1) is 17.0 Å². The van der Waals surface area contributed by atoms with Crippen LogP contribution in [0.4, 0.5) is 5.69 Å². The molecule has 1 N–H and O–H groups in total. The van der Waals surface area contributed by atoms with Crippen LogP contribution in [0.2, 0.25) is 0 Å². The van der Waals surface area contributed by atoms with Crippen LogP contribution in [-0.4, -0.2) is 20.6 Å². The third-order valence-electron chi connectivity index (χ3n) is 2.36. The van der Waals surface area contributed by atoms with Crippen molar-refractivity contribution in [2.45, 2.75) is 6.92 Å². The molecule has 2 rings (SSSR count). The van der Waals surface area contributed by atoms with E-state index in [9.17, 15) is 19.7 Å². The van der Waals surface area contributed by atoms with Crippen LogP contribution in [0.5, 0.6) is 0 Å². The fourth-order valence-electron chi connectivity index (χ4n) is 1.55. The zero-order valence-corrected chi connectivity index (χ0v) is 9.41. The summed E-state index contributed by atoms with van der Waals surface area (Å²) in [7, 11) is 0. The van der Waals surface area contributed by atoms with E-state index in [4.69, 9.17) is 0 Å². The summed E-state index contributed by atoms with van der Waals surface area (Å²) in [6.07, 6.45) is 0. The van der Waals surface area contributed by atoms with Gasteiger partial charge in [0.1, 0.15) is 0 Å². The lowest BCUT2D eigenvalue weighted by Gasteiger charge is -2.00. The molecule has 0 aliphatic heterocycles. The zero-order valence-electron chi connectivity index (χ0n) is 9.41. The Balaban J connectivity index is 2.46. The van der Waals surface area contributed by atoms with Gasteiger partial charge < -0.3 is 0 Å². The largest absolute Gasteiger partial charge is 0.293 e. The topological polar surface area (TPSA) is 98.0 Å². The van der Waals surface area contributed by atoms with Gasteiger partial charge in [-0.2, -0.15) is 4.68 Å². The van der Waals surface area contributed by atoms with Gasteiger partial charge in [-0.1, -0.05) is 6.07 Å². The van der Waals surface area contributed by atoms with Crippen LogP contribution < -0.4 is 5.56 Å². The van der Waals surface area contributed by atoms with E-state index in [1.165, 1.54) is 24.3 Å². The first-order chi connectivity index (χ1) is 8.49. The molecule has 7 heteroatoms. The molecule has 1 aromatic carbocycles. The molecule has 7 nitrogen and oxygen atoms in total. The van der Waals surface area contributed by atoms with E-state index in [0.29, 0.717) is 5.69 Å². The monoisotopic (exact) mass is 247 g/mol. The van der Waals surface area contributed by atoms with E-state index < -0.39 is 16.4 Å². The van der Waals surface area contributed by atoms with Gasteiger partial charge in [-0.25, -0.2) is 0 Å². The van der Waals surface area contributed by atoms with Gasteiger partial charge in [-0.15, -0.1) is 0 Å². The lowest BCUT2D eigenvalue weighted by atomic mass is 10.2. The number of aryl methyl sites for hydroxylation is 1. The van der Waals surface area contributed by atoms with E-state index in [1.807, 2.05) is 0 Å². The van der Waals surface area contributed by atoms with Crippen molar-refractivity contribution in [2.24, 2.45) is 0 Å². The van der Waals surface area contributed by atoms with Crippen molar-refractivity contribution in [3.8, 4) is 0 Å². The Bertz CT molecular complexity index is 684. The van der Waals surface area contributed by atoms with Crippen molar-refractivity contribution in [3.63, 3.8) is 0 Å². The van der Waals surface area contributed by atoms with E-state index >= 15 is 0 Å². The number of non-ortho nitro benzene ring substituents is 1. The highest BCUT2D eigenvalue weighted by molar-refractivity contribution is 5.95. The molecule has 1 aromatic heterocycles. The number of hydrogen-bond donors (Lipinski definition) is 1. The molecule has 0 unspecified atom stereocenters. The normalized spacial score (nSPS) is 10.3. The Morgan fingerprint density at radius 3 is 2.67 bits per heavy atom. The summed E-state index contributed by atoms with van der Waals surface area (Å²) in [4.78, 5) is 33.4. The molecule has 1 heterocycles. The number of carbonyl (C=O) groups is 1. The minimum atomic E-state index is -0.628. The van der Waals surface area contributed by atoms with E-state index in [0.717, 1.165) is 10.7 Å². The Hall–Kier alpha value is -2.70. The zero-order chi connectivity index (χ0) is 13.3. The molecule has 0 bridgehead atoms. The number of H-pyrrole nitrogens is 1. The minimum Gasteiger partial charge on any atom is -0.293 e. The summed E-state index contributed by atoms with van der Waals surface area (Å²) < 4.78 is 0.814. The summed E-state index contributed by atoms with van der Waals surface area (Å²) in [5.41, 5.74) is -0.0758. The number of benzene rings is 1. The Labute approximate surface area is 101 Å². The van der Waals surface area contributed by atoms with Crippen molar-refractivity contribution in [2.75, 3.05) is 0 Å². The number of nitrogens with one attached hydrogen (secondary N) is 1. The van der Waals surface area contributed by atoms with Crippen molar-refractivity contribution in [3.05, 3.63) is 62.1 Å². The molecule has 0 amide bonds. The Morgan fingerprint density at radius 1 is 1.39 bits per heavy atom. The smallest absolute Gasteiger partial charge is 0.279 e. The first kappa shape index (κ1) is 11.8. The summed E-state index contributed by atoms with van der Waals surface area (Å²) in [6, 6.07) is 6.49. The first-order valence-corrected chi connectivity index (χ1v) is 5.07. The highest BCUT2D eigenvalue weighted by Gasteiger charge is 2.15. The van der Waals surface area contributed by atoms with Gasteiger partial charge in [0.15, 0.2) is 0 Å². The maximum Gasteiger partial charge on any atom is 0.279 e. The number of hydrogen-bond acceptors (Lipinski definition) is 4. The number of nitrogens with zero attached hydrogens (tertiary/aromatic N) is 2. The van der Waals surface area contributed by atoms with Crippen molar-refractivity contribution in [1.82, 2.24) is 9.78 Å². The fraction of sp³-hybridized carbons (Fsp3) is 0.0909. The van der Waals surface area contributed by atoms with Gasteiger partial charge in [0, 0.05) is 29.5 Å². The van der Waals surface area contributed by atoms with Crippen LogP contribution in [0.3, 0.4) is 0 Å². The van der Waals surface area contributed by atoms with Gasteiger partial charge in [0.05, 0.1) is 4.92 Å². The van der Waals surface area contributed by atoms with Crippen LogP contribution in [-0.2, 0) is 0 Å². The molecule has 0 saturated heterocycles. The molecule has 92 valence electrons. The second-order valence-corrected chi connectivity index (χ2v) is 3.73. The first-order valence-electron chi connectivity index (χ1n) is 5.07. The van der Waals surface area contributed by atoms with Crippen molar-refractivity contribution < 1.29 is 9.72 Å². The maximum absolute atomic E-state index is 12.0. The molecule has 2 aromatic rings. The number of nitro benzene ring substituents is 1. The highest BCUT2D eigenvalue weighted by atomic mass is 16.6. The average Bonchev–Trinajstić information content (AvgIpc) is 2.67. The second kappa shape index (κ2) is 4.28. The molecular weight excluding hydrogens is 238 g/mol. The maximum atomic E-state index is 12.0. The van der Waals surface area contributed by atoms with Crippen LogP contribution in [0.25, 0.3) is 0 Å². The van der Waals surface area contributed by atoms with E-state index in [1.54, 1.807) is 6.92 Å².